The second-order valence-electron chi connectivity index (χ2n) is 4.57. The number of rotatable bonds is 2. The fourth-order valence-electron chi connectivity index (χ4n) is 2.01. The van der Waals surface area contributed by atoms with Crippen molar-refractivity contribution in [3.63, 3.8) is 0 Å². The van der Waals surface area contributed by atoms with Crippen molar-refractivity contribution in [2.45, 2.75) is 51.4 Å². The zero-order valence-corrected chi connectivity index (χ0v) is 8.66. The van der Waals surface area contributed by atoms with Crippen molar-refractivity contribution in [1.82, 2.24) is 0 Å². The molecule has 2 N–H and O–H groups in total. The molecule has 0 aliphatic carbocycles. The topological polar surface area (TPSA) is 49.7 Å². The average Bonchev–Trinajstić information content (AvgIpc) is 2.03. The van der Waals surface area contributed by atoms with E-state index in [4.69, 9.17) is 9.84 Å². The van der Waals surface area contributed by atoms with Crippen LogP contribution in [0.2, 0.25) is 0 Å². The van der Waals surface area contributed by atoms with Crippen LogP contribution in [0.1, 0.15) is 33.6 Å². The first-order chi connectivity index (χ1) is 5.95. The molecular formula is C10H20O3. The van der Waals surface area contributed by atoms with Gasteiger partial charge in [-0.2, -0.15) is 0 Å². The monoisotopic (exact) mass is 188 g/mol. The molecule has 0 aromatic heterocycles. The van der Waals surface area contributed by atoms with E-state index in [1.165, 1.54) is 0 Å². The molecule has 0 spiro atoms. The molecule has 0 aromatic rings. The summed E-state index contributed by atoms with van der Waals surface area (Å²) >= 11 is 0. The van der Waals surface area contributed by atoms with E-state index < -0.39 is 5.60 Å². The minimum absolute atomic E-state index is 0.0549. The molecule has 1 rings (SSSR count). The van der Waals surface area contributed by atoms with Gasteiger partial charge in [0.1, 0.15) is 0 Å². The molecule has 0 unspecified atom stereocenters. The van der Waals surface area contributed by atoms with Crippen molar-refractivity contribution < 1.29 is 14.9 Å². The predicted molar refractivity (Wildman–Crippen MR) is 50.4 cm³/mol. The molecule has 1 saturated heterocycles. The van der Waals surface area contributed by atoms with E-state index in [-0.39, 0.29) is 18.8 Å². The maximum absolute atomic E-state index is 9.82. The highest BCUT2D eigenvalue weighted by atomic mass is 16.5. The van der Waals surface area contributed by atoms with Crippen LogP contribution in [0.5, 0.6) is 0 Å². The first kappa shape index (κ1) is 11.0. The molecule has 0 amide bonds. The normalized spacial score (nSPS) is 36.2. The van der Waals surface area contributed by atoms with Gasteiger partial charge in [-0.3, -0.25) is 0 Å². The van der Waals surface area contributed by atoms with Gasteiger partial charge < -0.3 is 14.9 Å². The van der Waals surface area contributed by atoms with E-state index in [1.807, 2.05) is 0 Å². The molecule has 0 bridgehead atoms. The van der Waals surface area contributed by atoms with Crippen LogP contribution in [-0.4, -0.2) is 34.6 Å². The summed E-state index contributed by atoms with van der Waals surface area (Å²) in [4.78, 5) is 0. The van der Waals surface area contributed by atoms with E-state index in [0.717, 1.165) is 12.8 Å². The molecule has 1 heterocycles. The summed E-state index contributed by atoms with van der Waals surface area (Å²) in [5.41, 5.74) is -0.812. The molecule has 0 aromatic carbocycles. The number of aliphatic hydroxyl groups excluding tert-OH is 1. The molecule has 1 aliphatic rings. The summed E-state index contributed by atoms with van der Waals surface area (Å²) in [5, 5.41) is 18.8. The number of hydrogen-bond donors (Lipinski definition) is 2. The largest absolute Gasteiger partial charge is 0.394 e. The highest BCUT2D eigenvalue weighted by Gasteiger charge is 2.37. The molecule has 1 aliphatic heterocycles. The lowest BCUT2D eigenvalue weighted by molar-refractivity contribution is -0.172. The summed E-state index contributed by atoms with van der Waals surface area (Å²) in [6.07, 6.45) is 1.66. The number of ether oxygens (including phenoxy) is 1. The third-order valence-electron chi connectivity index (χ3n) is 2.70. The van der Waals surface area contributed by atoms with Crippen molar-refractivity contribution in [2.24, 2.45) is 5.92 Å². The summed E-state index contributed by atoms with van der Waals surface area (Å²) in [5.74, 6) is 0.364. The zero-order chi connectivity index (χ0) is 10.1. The Morgan fingerprint density at radius 3 is 2.46 bits per heavy atom. The minimum Gasteiger partial charge on any atom is -0.394 e. The summed E-state index contributed by atoms with van der Waals surface area (Å²) in [6, 6.07) is 0. The van der Waals surface area contributed by atoms with Crippen molar-refractivity contribution in [2.75, 3.05) is 6.61 Å². The third-order valence-corrected chi connectivity index (χ3v) is 2.70. The van der Waals surface area contributed by atoms with Crippen LogP contribution in [0.4, 0.5) is 0 Å². The standard InChI is InChI=1S/C10H20O3/c1-7-4-5-8(6-11)13-9(7)10(2,3)12/h7-9,11-12H,4-6H2,1-3H3/t7-,8-,9-/m1/s1. The quantitative estimate of drug-likeness (QED) is 0.678. The van der Waals surface area contributed by atoms with Crippen molar-refractivity contribution in [3.05, 3.63) is 0 Å². The predicted octanol–water partition coefficient (Wildman–Crippen LogP) is 0.933. The van der Waals surface area contributed by atoms with Gasteiger partial charge >= 0.3 is 0 Å². The maximum Gasteiger partial charge on any atom is 0.0886 e. The Bertz CT molecular complexity index is 162. The first-order valence-corrected chi connectivity index (χ1v) is 4.94. The lowest BCUT2D eigenvalue weighted by Crippen LogP contribution is -2.48. The molecule has 0 saturated carbocycles. The molecule has 3 nitrogen and oxygen atoms in total. The minimum atomic E-state index is -0.812. The van der Waals surface area contributed by atoms with E-state index in [1.54, 1.807) is 13.8 Å². The molecule has 3 heteroatoms. The van der Waals surface area contributed by atoms with Crippen LogP contribution in [0.15, 0.2) is 0 Å². The van der Waals surface area contributed by atoms with E-state index in [2.05, 4.69) is 6.92 Å². The van der Waals surface area contributed by atoms with Gasteiger partial charge in [-0.1, -0.05) is 6.92 Å². The van der Waals surface area contributed by atoms with Crippen LogP contribution >= 0.6 is 0 Å². The third kappa shape index (κ3) is 2.66. The second-order valence-corrected chi connectivity index (χ2v) is 4.57. The fourth-order valence-corrected chi connectivity index (χ4v) is 2.01. The van der Waals surface area contributed by atoms with Gasteiger partial charge in [-0.25, -0.2) is 0 Å². The van der Waals surface area contributed by atoms with E-state index >= 15 is 0 Å². The van der Waals surface area contributed by atoms with Gasteiger partial charge in [0.15, 0.2) is 0 Å². The van der Waals surface area contributed by atoms with Gasteiger partial charge in [-0.15, -0.1) is 0 Å². The zero-order valence-electron chi connectivity index (χ0n) is 8.66. The van der Waals surface area contributed by atoms with E-state index in [9.17, 15) is 5.11 Å². The van der Waals surface area contributed by atoms with Gasteiger partial charge in [-0.05, 0) is 32.6 Å². The Hall–Kier alpha value is -0.120. The van der Waals surface area contributed by atoms with Gasteiger partial charge in [0.25, 0.3) is 0 Å². The maximum atomic E-state index is 9.82. The van der Waals surface area contributed by atoms with Crippen LogP contribution in [-0.2, 0) is 4.74 Å². The van der Waals surface area contributed by atoms with Crippen LogP contribution in [0.25, 0.3) is 0 Å². The van der Waals surface area contributed by atoms with Gasteiger partial charge in [0.2, 0.25) is 0 Å². The highest BCUT2D eigenvalue weighted by molar-refractivity contribution is 4.87. The Kier molecular flexibility index (Phi) is 3.33. The summed E-state index contributed by atoms with van der Waals surface area (Å²) in [6.45, 7) is 5.65. The van der Waals surface area contributed by atoms with Crippen molar-refractivity contribution >= 4 is 0 Å². The first-order valence-electron chi connectivity index (χ1n) is 4.94. The lowest BCUT2D eigenvalue weighted by Gasteiger charge is -2.40. The molecule has 1 fully saturated rings. The second kappa shape index (κ2) is 3.95. The van der Waals surface area contributed by atoms with Crippen LogP contribution in [0, 0.1) is 5.92 Å². The smallest absolute Gasteiger partial charge is 0.0886 e. The fraction of sp³-hybridized carbons (Fsp3) is 1.00. The molecule has 0 radical (unpaired) electrons. The molecular weight excluding hydrogens is 168 g/mol. The SMILES string of the molecule is C[C@@H]1CC[C@H](CO)O[C@H]1C(C)(C)O. The van der Waals surface area contributed by atoms with E-state index in [0.29, 0.717) is 5.92 Å². The Labute approximate surface area is 79.7 Å². The Morgan fingerprint density at radius 2 is 2.00 bits per heavy atom. The summed E-state index contributed by atoms with van der Waals surface area (Å²) in [7, 11) is 0. The summed E-state index contributed by atoms with van der Waals surface area (Å²) < 4.78 is 5.61. The van der Waals surface area contributed by atoms with Crippen LogP contribution < -0.4 is 0 Å². The lowest BCUT2D eigenvalue weighted by atomic mass is 9.84. The van der Waals surface area contributed by atoms with Gasteiger partial charge in [0.05, 0.1) is 24.4 Å². The number of aliphatic hydroxyl groups is 2. The molecule has 3 atom stereocenters. The van der Waals surface area contributed by atoms with Gasteiger partial charge in [0, 0.05) is 0 Å². The Balaban J connectivity index is 2.60. The van der Waals surface area contributed by atoms with Crippen molar-refractivity contribution in [1.29, 1.82) is 0 Å². The van der Waals surface area contributed by atoms with Crippen LogP contribution in [0.3, 0.4) is 0 Å². The Morgan fingerprint density at radius 1 is 1.38 bits per heavy atom. The molecule has 13 heavy (non-hydrogen) atoms. The van der Waals surface area contributed by atoms with Crippen molar-refractivity contribution in [3.8, 4) is 0 Å². The molecule has 78 valence electrons. The average molecular weight is 188 g/mol. The highest BCUT2D eigenvalue weighted by Crippen LogP contribution is 2.31. The number of hydrogen-bond acceptors (Lipinski definition) is 3.